The molecule has 0 saturated carbocycles. The molecule has 0 radical (unpaired) electrons. The van der Waals surface area contributed by atoms with Gasteiger partial charge < -0.3 is 0 Å². The molecule has 0 aliphatic rings. The van der Waals surface area contributed by atoms with Crippen LogP contribution in [0.5, 0.6) is 0 Å². The van der Waals surface area contributed by atoms with E-state index in [0.717, 1.165) is 5.56 Å². The third-order valence-electron chi connectivity index (χ3n) is 1.39. The summed E-state index contributed by atoms with van der Waals surface area (Å²) in [4.78, 5) is 0. The number of rotatable bonds is 3. The predicted octanol–water partition coefficient (Wildman–Crippen LogP) is 1.37. The van der Waals surface area contributed by atoms with Gasteiger partial charge in [-0.25, -0.2) is 13.7 Å². The van der Waals surface area contributed by atoms with Gasteiger partial charge in [-0.2, -0.15) is 0 Å². The summed E-state index contributed by atoms with van der Waals surface area (Å²) < 4.78 is 20.6. The van der Waals surface area contributed by atoms with Gasteiger partial charge in [0.2, 0.25) is 0 Å². The van der Waals surface area contributed by atoms with Gasteiger partial charge in [0, 0.05) is 12.8 Å². The van der Waals surface area contributed by atoms with Crippen LogP contribution >= 0.6 is 0 Å². The molecule has 1 unspecified atom stereocenters. The van der Waals surface area contributed by atoms with Gasteiger partial charge in [-0.05, 0) is 5.56 Å². The summed E-state index contributed by atoms with van der Waals surface area (Å²) in [6.07, 6.45) is 1.37. The maximum Gasteiger partial charge on any atom is 0.102 e. The van der Waals surface area contributed by atoms with Crippen molar-refractivity contribution in [2.75, 3.05) is 6.26 Å². The molecule has 0 aromatic heterocycles. The van der Waals surface area contributed by atoms with Gasteiger partial charge in [0.25, 0.3) is 0 Å². The molecule has 3 nitrogen and oxygen atoms in total. The highest BCUT2D eigenvalue weighted by Gasteiger charge is 1.95. The Balaban J connectivity index is 2.56. The minimum absolute atomic E-state index is 0.486. The summed E-state index contributed by atoms with van der Waals surface area (Å²) in [6, 6.07) is 9.61. The van der Waals surface area contributed by atoms with Crippen molar-refractivity contribution in [3.8, 4) is 0 Å². The van der Waals surface area contributed by atoms with Crippen LogP contribution < -0.4 is 4.72 Å². The molecule has 0 aliphatic carbocycles. The fourth-order valence-corrected chi connectivity index (χ4v) is 1.26. The average Bonchev–Trinajstić information content (AvgIpc) is 2.02. The smallest absolute Gasteiger partial charge is 0.102 e. The summed E-state index contributed by atoms with van der Waals surface area (Å²) in [7, 11) is -2.57. The van der Waals surface area contributed by atoms with Gasteiger partial charge in [-0.15, -0.1) is 0 Å². The van der Waals surface area contributed by atoms with E-state index in [1.807, 2.05) is 30.3 Å². The van der Waals surface area contributed by atoms with Crippen LogP contribution in [-0.2, 0) is 16.5 Å². The Morgan fingerprint density at radius 1 is 1.42 bits per heavy atom. The lowest BCUT2D eigenvalue weighted by molar-refractivity contribution is 0.667. The molecule has 0 heterocycles. The van der Waals surface area contributed by atoms with Crippen molar-refractivity contribution >= 4 is 9.92 Å². The van der Waals surface area contributed by atoms with E-state index in [9.17, 15) is 4.21 Å². The van der Waals surface area contributed by atoms with E-state index in [1.165, 1.54) is 6.26 Å². The first-order chi connectivity index (χ1) is 5.58. The zero-order valence-corrected chi connectivity index (χ0v) is 7.73. The zero-order chi connectivity index (χ0) is 9.03. The van der Waals surface area contributed by atoms with Crippen molar-refractivity contribution in [3.05, 3.63) is 35.9 Å². The molecule has 0 spiro atoms. The highest BCUT2D eigenvalue weighted by molar-refractivity contribution is 7.89. The van der Waals surface area contributed by atoms with Crippen molar-refractivity contribution in [2.45, 2.75) is 6.54 Å². The quantitative estimate of drug-likeness (QED) is 0.732. The molecule has 12 heavy (non-hydrogen) atoms. The average molecular weight is 184 g/mol. The van der Waals surface area contributed by atoms with Crippen LogP contribution in [-0.4, -0.2) is 10.5 Å². The third-order valence-corrected chi connectivity index (χ3v) is 2.09. The van der Waals surface area contributed by atoms with Crippen molar-refractivity contribution < 1.29 is 4.21 Å². The first-order valence-electron chi connectivity index (χ1n) is 3.60. The van der Waals surface area contributed by atoms with Gasteiger partial charge in [0.15, 0.2) is 0 Å². The van der Waals surface area contributed by atoms with Crippen LogP contribution in [0.3, 0.4) is 0 Å². The molecule has 0 saturated heterocycles. The molecule has 0 bridgehead atoms. The Kier molecular flexibility index (Phi) is 2.83. The summed E-state index contributed by atoms with van der Waals surface area (Å²) in [5.74, 6) is 0. The molecule has 4 heteroatoms. The molecule has 0 fully saturated rings. The maximum atomic E-state index is 10.9. The number of hydrogen-bond acceptors (Lipinski definition) is 2. The molecule has 2 N–H and O–H groups in total. The summed E-state index contributed by atoms with van der Waals surface area (Å²) in [5.41, 5.74) is 1.04. The van der Waals surface area contributed by atoms with Crippen LogP contribution in [0, 0.1) is 4.78 Å². The lowest BCUT2D eigenvalue weighted by Crippen LogP contribution is -2.19. The van der Waals surface area contributed by atoms with Crippen LogP contribution in [0.2, 0.25) is 0 Å². The Morgan fingerprint density at radius 2 is 2.00 bits per heavy atom. The molecular formula is C8H12N2OS. The third kappa shape index (κ3) is 3.50. The van der Waals surface area contributed by atoms with E-state index in [2.05, 4.69) is 4.72 Å². The monoisotopic (exact) mass is 184 g/mol. The first kappa shape index (κ1) is 9.22. The zero-order valence-electron chi connectivity index (χ0n) is 6.91. The molecule has 0 aliphatic heterocycles. The van der Waals surface area contributed by atoms with Gasteiger partial charge in [-0.3, -0.25) is 0 Å². The van der Waals surface area contributed by atoms with Crippen LogP contribution in [0.4, 0.5) is 0 Å². The summed E-state index contributed by atoms with van der Waals surface area (Å²) in [5, 5.41) is 0. The lowest BCUT2D eigenvalue weighted by atomic mass is 10.2. The van der Waals surface area contributed by atoms with E-state index in [4.69, 9.17) is 4.78 Å². The molecule has 1 aromatic rings. The molecule has 66 valence electrons. The second-order valence-electron chi connectivity index (χ2n) is 2.65. The maximum absolute atomic E-state index is 10.9. The van der Waals surface area contributed by atoms with Gasteiger partial charge in [-0.1, -0.05) is 30.3 Å². The molecule has 0 amide bonds. The number of nitrogens with one attached hydrogen (secondary N) is 2. The fraction of sp³-hybridized carbons (Fsp3) is 0.250. The normalized spacial score (nSPS) is 15.4. The van der Waals surface area contributed by atoms with Crippen molar-refractivity contribution in [1.82, 2.24) is 4.72 Å². The van der Waals surface area contributed by atoms with Gasteiger partial charge in [0.1, 0.15) is 9.92 Å². The van der Waals surface area contributed by atoms with E-state index in [1.54, 1.807) is 0 Å². The fourth-order valence-electron chi connectivity index (χ4n) is 0.817. The predicted molar refractivity (Wildman–Crippen MR) is 50.1 cm³/mol. The number of benzene rings is 1. The second-order valence-corrected chi connectivity index (χ2v) is 4.63. The minimum atomic E-state index is -2.57. The Labute approximate surface area is 72.9 Å². The van der Waals surface area contributed by atoms with Crippen molar-refractivity contribution in [1.29, 1.82) is 4.78 Å². The topological polar surface area (TPSA) is 53.0 Å². The summed E-state index contributed by atoms with van der Waals surface area (Å²) in [6.45, 7) is 0.486. The largest absolute Gasteiger partial charge is 0.241 e. The van der Waals surface area contributed by atoms with Crippen LogP contribution in [0.25, 0.3) is 0 Å². The lowest BCUT2D eigenvalue weighted by Gasteiger charge is -2.03. The van der Waals surface area contributed by atoms with E-state index in [0.29, 0.717) is 6.54 Å². The highest BCUT2D eigenvalue weighted by atomic mass is 32.2. The Hall–Kier alpha value is -0.870. The SMILES string of the molecule is CS(=N)(=O)NCc1ccccc1. The molecule has 1 atom stereocenters. The van der Waals surface area contributed by atoms with Crippen molar-refractivity contribution in [3.63, 3.8) is 0 Å². The van der Waals surface area contributed by atoms with E-state index >= 15 is 0 Å². The van der Waals surface area contributed by atoms with Gasteiger partial charge >= 0.3 is 0 Å². The van der Waals surface area contributed by atoms with E-state index in [-0.39, 0.29) is 0 Å². The first-order valence-corrected chi connectivity index (χ1v) is 5.57. The minimum Gasteiger partial charge on any atom is -0.241 e. The standard InChI is InChI=1S/C8H12N2OS/c1-12(9,11)10-7-8-5-3-2-4-6-8/h2-6H,7H2,1H3,(H2,9,10,11). The second kappa shape index (κ2) is 3.69. The molecule has 1 rings (SSSR count). The summed E-state index contributed by atoms with van der Waals surface area (Å²) >= 11 is 0. The van der Waals surface area contributed by atoms with E-state index < -0.39 is 9.92 Å². The Bertz CT molecular complexity index is 331. The Morgan fingerprint density at radius 3 is 2.50 bits per heavy atom. The van der Waals surface area contributed by atoms with Crippen LogP contribution in [0.15, 0.2) is 30.3 Å². The van der Waals surface area contributed by atoms with Crippen molar-refractivity contribution in [2.24, 2.45) is 0 Å². The van der Waals surface area contributed by atoms with Gasteiger partial charge in [0.05, 0.1) is 0 Å². The molecular weight excluding hydrogens is 172 g/mol. The van der Waals surface area contributed by atoms with Crippen LogP contribution in [0.1, 0.15) is 5.56 Å². The number of hydrogen-bond donors (Lipinski definition) is 2. The highest BCUT2D eigenvalue weighted by Crippen LogP contribution is 1.97. The molecule has 1 aromatic carbocycles.